The number of carbonyl (C=O) groups is 1. The topological polar surface area (TPSA) is 58.7 Å². The number of nitrogens with one attached hydrogen (secondary N) is 1. The van der Waals surface area contributed by atoms with Crippen LogP contribution in [0.4, 0.5) is 4.39 Å². The molecule has 1 atom stereocenters. The van der Waals surface area contributed by atoms with Gasteiger partial charge in [0, 0.05) is 40.3 Å². The lowest BCUT2D eigenvalue weighted by atomic mass is 10.0. The summed E-state index contributed by atoms with van der Waals surface area (Å²) >= 11 is 2.61. The first kappa shape index (κ1) is 19.9. The molecule has 3 heterocycles. The molecular formula is C24H18FN3OS2. The van der Waals surface area contributed by atoms with E-state index in [4.69, 9.17) is 5.41 Å². The summed E-state index contributed by atoms with van der Waals surface area (Å²) in [5.41, 5.74) is 3.85. The average Bonchev–Trinajstić information content (AvgIpc) is 3.43. The number of benzene rings is 2. The number of hydrogen-bond donors (Lipinski definition) is 1. The van der Waals surface area contributed by atoms with Crippen molar-refractivity contribution >= 4 is 50.9 Å². The van der Waals surface area contributed by atoms with Gasteiger partial charge < -0.3 is 4.57 Å². The summed E-state index contributed by atoms with van der Waals surface area (Å²) in [6, 6.07) is 14.6. The van der Waals surface area contributed by atoms with E-state index in [9.17, 15) is 9.18 Å². The molecule has 154 valence electrons. The lowest BCUT2D eigenvalue weighted by molar-refractivity contribution is -0.114. The Morgan fingerprint density at radius 2 is 2.06 bits per heavy atom. The fourth-order valence-electron chi connectivity index (χ4n) is 3.98. The third-order valence-corrected chi connectivity index (χ3v) is 7.31. The summed E-state index contributed by atoms with van der Waals surface area (Å²) in [5.74, 6) is -0.933. The second-order valence-corrected chi connectivity index (χ2v) is 9.38. The molecule has 1 aliphatic rings. The van der Waals surface area contributed by atoms with Crippen LogP contribution < -0.4 is 0 Å². The number of Topliss-reactive ketones (excluding diaryl/α,β-unsaturated/α-hetero) is 1. The zero-order chi connectivity index (χ0) is 21.5. The van der Waals surface area contributed by atoms with E-state index < -0.39 is 5.92 Å². The van der Waals surface area contributed by atoms with Gasteiger partial charge in [0.1, 0.15) is 16.7 Å². The predicted molar refractivity (Wildman–Crippen MR) is 125 cm³/mol. The van der Waals surface area contributed by atoms with E-state index in [0.29, 0.717) is 21.5 Å². The first-order valence-electron chi connectivity index (χ1n) is 9.77. The van der Waals surface area contributed by atoms with Gasteiger partial charge >= 0.3 is 0 Å². The smallest absolute Gasteiger partial charge is 0.186 e. The van der Waals surface area contributed by atoms with Crippen molar-refractivity contribution in [3.8, 4) is 0 Å². The maximum absolute atomic E-state index is 13.7. The number of carbonyl (C=O) groups excluding carboxylic acids is 1. The van der Waals surface area contributed by atoms with Gasteiger partial charge in [0.15, 0.2) is 5.78 Å². The fraction of sp³-hybridized carbons (Fsp3) is 0.125. The number of allylic oxidation sites excluding steroid dienone is 1. The second kappa shape index (κ2) is 7.90. The molecule has 0 saturated carbocycles. The summed E-state index contributed by atoms with van der Waals surface area (Å²) < 4.78 is 15.9. The monoisotopic (exact) mass is 447 g/mol. The molecule has 0 unspecified atom stereocenters. The molecule has 1 saturated heterocycles. The maximum atomic E-state index is 13.7. The normalized spacial score (nSPS) is 17.9. The van der Waals surface area contributed by atoms with E-state index in [1.807, 2.05) is 48.7 Å². The van der Waals surface area contributed by atoms with Crippen LogP contribution in [0.5, 0.6) is 0 Å². The van der Waals surface area contributed by atoms with Gasteiger partial charge in [-0.3, -0.25) is 10.2 Å². The molecule has 0 radical (unpaired) electrons. The van der Waals surface area contributed by atoms with Gasteiger partial charge in [-0.1, -0.05) is 42.1 Å². The van der Waals surface area contributed by atoms with E-state index in [-0.39, 0.29) is 11.6 Å². The van der Waals surface area contributed by atoms with Crippen molar-refractivity contribution in [2.24, 2.45) is 0 Å². The summed E-state index contributed by atoms with van der Waals surface area (Å²) in [5, 5.41) is 12.2. The van der Waals surface area contributed by atoms with Gasteiger partial charge in [0.05, 0.1) is 9.95 Å². The van der Waals surface area contributed by atoms with Crippen molar-refractivity contribution in [2.45, 2.75) is 19.4 Å². The number of fused-ring (bicyclic) bond motifs is 1. The molecule has 7 heteroatoms. The second-order valence-electron chi connectivity index (χ2n) is 7.37. The number of aromatic nitrogens is 2. The molecule has 4 aromatic rings. The molecule has 0 spiro atoms. The Balaban J connectivity index is 1.59. The van der Waals surface area contributed by atoms with Crippen LogP contribution in [-0.4, -0.2) is 20.4 Å². The molecule has 1 fully saturated rings. The minimum absolute atomic E-state index is 0.0775. The number of thioether (sulfide) groups is 1. The molecule has 5 rings (SSSR count). The Kier molecular flexibility index (Phi) is 5.08. The van der Waals surface area contributed by atoms with Gasteiger partial charge in [-0.05, 0) is 36.8 Å². The van der Waals surface area contributed by atoms with E-state index >= 15 is 0 Å². The number of hydrogen-bond acceptors (Lipinski definition) is 5. The van der Waals surface area contributed by atoms with E-state index in [2.05, 4.69) is 9.55 Å². The van der Waals surface area contributed by atoms with Crippen LogP contribution in [0.15, 0.2) is 65.0 Å². The molecule has 31 heavy (non-hydrogen) atoms. The number of halogens is 1. The highest BCUT2D eigenvalue weighted by atomic mass is 32.2. The quantitative estimate of drug-likeness (QED) is 0.390. The zero-order valence-corrected chi connectivity index (χ0v) is 18.3. The molecule has 1 aliphatic heterocycles. The Morgan fingerprint density at radius 3 is 2.84 bits per heavy atom. The highest BCUT2D eigenvalue weighted by Gasteiger charge is 2.38. The largest absolute Gasteiger partial charge is 0.340 e. The van der Waals surface area contributed by atoms with Crippen LogP contribution in [0, 0.1) is 18.2 Å². The van der Waals surface area contributed by atoms with Gasteiger partial charge in [-0.25, -0.2) is 9.37 Å². The van der Waals surface area contributed by atoms with Crippen LogP contribution in [-0.2, 0) is 11.3 Å². The van der Waals surface area contributed by atoms with Crippen molar-refractivity contribution in [3.05, 3.63) is 92.7 Å². The number of nitrogens with zero attached hydrogens (tertiary/aromatic N) is 2. The van der Waals surface area contributed by atoms with Crippen LogP contribution in [0.3, 0.4) is 0 Å². The highest BCUT2D eigenvalue weighted by molar-refractivity contribution is 8.19. The van der Waals surface area contributed by atoms with Crippen molar-refractivity contribution < 1.29 is 9.18 Å². The predicted octanol–water partition coefficient (Wildman–Crippen LogP) is 6.01. The first-order valence-corrected chi connectivity index (χ1v) is 11.5. The highest BCUT2D eigenvalue weighted by Crippen LogP contribution is 2.42. The van der Waals surface area contributed by atoms with Gasteiger partial charge in [0.25, 0.3) is 0 Å². The molecule has 2 aromatic carbocycles. The van der Waals surface area contributed by atoms with Crippen LogP contribution >= 0.6 is 23.1 Å². The molecular weight excluding hydrogens is 429 g/mol. The number of para-hydroxylation sites is 1. The number of ketones is 1. The van der Waals surface area contributed by atoms with E-state index in [1.54, 1.807) is 18.3 Å². The number of thiazole rings is 1. The SMILES string of the molecule is Cc1c(/C=C2\SC(=N)[C@@H](c3nccs3)C2=O)c2ccccc2n1Cc1cccc(F)c1. The minimum Gasteiger partial charge on any atom is -0.340 e. The molecule has 4 nitrogen and oxygen atoms in total. The van der Waals surface area contributed by atoms with E-state index in [0.717, 1.165) is 27.7 Å². The average molecular weight is 448 g/mol. The first-order chi connectivity index (χ1) is 15.0. The zero-order valence-electron chi connectivity index (χ0n) is 16.6. The standard InChI is InChI=1S/C24H18FN3OS2/c1-14-18(12-20-22(29)21(23(26)31-20)24-27-9-10-30-24)17-7-2-3-8-19(17)28(14)13-15-5-4-6-16(25)11-15/h2-12,21,26H,13H2,1H3/b20-12-,26-23?/t21-/m0/s1. The van der Waals surface area contributed by atoms with Crippen molar-refractivity contribution in [1.82, 2.24) is 9.55 Å². The van der Waals surface area contributed by atoms with Crippen molar-refractivity contribution in [1.29, 1.82) is 5.41 Å². The van der Waals surface area contributed by atoms with Gasteiger partial charge in [-0.2, -0.15) is 0 Å². The summed E-state index contributed by atoms with van der Waals surface area (Å²) in [6.07, 6.45) is 3.56. The van der Waals surface area contributed by atoms with Crippen LogP contribution in [0.2, 0.25) is 0 Å². The maximum Gasteiger partial charge on any atom is 0.186 e. The Morgan fingerprint density at radius 1 is 1.23 bits per heavy atom. The molecule has 0 amide bonds. The minimum atomic E-state index is -0.600. The van der Waals surface area contributed by atoms with Gasteiger partial charge in [-0.15, -0.1) is 11.3 Å². The van der Waals surface area contributed by atoms with Crippen LogP contribution in [0.25, 0.3) is 17.0 Å². The molecule has 2 aromatic heterocycles. The lowest BCUT2D eigenvalue weighted by Gasteiger charge is -2.09. The van der Waals surface area contributed by atoms with Crippen LogP contribution in [0.1, 0.15) is 27.7 Å². The molecule has 1 N–H and O–H groups in total. The Labute approximate surface area is 187 Å². The van der Waals surface area contributed by atoms with E-state index in [1.165, 1.54) is 29.2 Å². The lowest BCUT2D eigenvalue weighted by Crippen LogP contribution is -2.11. The molecule has 0 aliphatic carbocycles. The van der Waals surface area contributed by atoms with Crippen molar-refractivity contribution in [3.63, 3.8) is 0 Å². The Bertz CT molecular complexity index is 1350. The van der Waals surface area contributed by atoms with Crippen molar-refractivity contribution in [2.75, 3.05) is 0 Å². The fourth-order valence-corrected chi connectivity index (χ4v) is 5.77. The molecule has 0 bridgehead atoms. The number of rotatable bonds is 4. The third-order valence-electron chi connectivity index (χ3n) is 5.47. The van der Waals surface area contributed by atoms with Gasteiger partial charge in [0.2, 0.25) is 0 Å². The summed E-state index contributed by atoms with van der Waals surface area (Å²) in [6.45, 7) is 2.55. The summed E-state index contributed by atoms with van der Waals surface area (Å²) in [7, 11) is 0. The third kappa shape index (κ3) is 3.54. The Hall–Kier alpha value is -3.03. The summed E-state index contributed by atoms with van der Waals surface area (Å²) in [4.78, 5) is 17.9.